The van der Waals surface area contributed by atoms with Crippen LogP contribution >= 0.6 is 0 Å². The molecule has 0 aromatic carbocycles. The van der Waals surface area contributed by atoms with Crippen molar-refractivity contribution in [2.24, 2.45) is 23.2 Å². The Bertz CT molecular complexity index is 516. The van der Waals surface area contributed by atoms with E-state index in [1.165, 1.54) is 38.5 Å². The summed E-state index contributed by atoms with van der Waals surface area (Å²) in [7, 11) is 0. The molecule has 4 aliphatic carbocycles. The number of hydrogen-bond donors (Lipinski definition) is 2. The molecule has 4 aliphatic rings. The molecule has 4 fully saturated rings. The highest BCUT2D eigenvalue weighted by Gasteiger charge is 2.50. The Labute approximate surface area is 138 Å². The molecule has 23 heavy (non-hydrogen) atoms. The summed E-state index contributed by atoms with van der Waals surface area (Å²) in [6.07, 6.45) is 10.1. The van der Waals surface area contributed by atoms with Crippen molar-refractivity contribution in [1.82, 2.24) is 5.32 Å². The fourth-order valence-corrected chi connectivity index (χ4v) is 5.82. The van der Waals surface area contributed by atoms with E-state index < -0.39 is 0 Å². The number of quaternary nitrogens is 1. The van der Waals surface area contributed by atoms with Crippen LogP contribution in [0.15, 0.2) is 22.8 Å². The second-order valence-corrected chi connectivity index (χ2v) is 8.44. The van der Waals surface area contributed by atoms with Gasteiger partial charge in [-0.3, -0.25) is 4.79 Å². The summed E-state index contributed by atoms with van der Waals surface area (Å²) in [5.74, 6) is 3.94. The molecule has 0 aliphatic heterocycles. The highest BCUT2D eigenvalue weighted by Crippen LogP contribution is 2.59. The van der Waals surface area contributed by atoms with E-state index in [0.29, 0.717) is 12.0 Å². The first kappa shape index (κ1) is 15.3. The van der Waals surface area contributed by atoms with Crippen LogP contribution in [0, 0.1) is 23.2 Å². The number of nitrogens with two attached hydrogens (primary N) is 1. The lowest BCUT2D eigenvalue weighted by molar-refractivity contribution is -0.684. The molecule has 0 unspecified atom stereocenters. The van der Waals surface area contributed by atoms with Crippen molar-refractivity contribution in [3.8, 4) is 0 Å². The number of rotatable bonds is 6. The summed E-state index contributed by atoms with van der Waals surface area (Å²) >= 11 is 0. The van der Waals surface area contributed by atoms with Crippen LogP contribution in [0.25, 0.3) is 0 Å². The number of furan rings is 1. The van der Waals surface area contributed by atoms with Crippen molar-refractivity contribution in [2.75, 3.05) is 13.1 Å². The Morgan fingerprint density at radius 2 is 1.96 bits per heavy atom. The van der Waals surface area contributed by atoms with Gasteiger partial charge in [-0.1, -0.05) is 0 Å². The third-order valence-corrected chi connectivity index (χ3v) is 6.47. The van der Waals surface area contributed by atoms with Crippen molar-refractivity contribution in [3.63, 3.8) is 0 Å². The van der Waals surface area contributed by atoms with Gasteiger partial charge in [-0.2, -0.15) is 0 Å². The second-order valence-electron chi connectivity index (χ2n) is 8.44. The topological polar surface area (TPSA) is 58.9 Å². The molecule has 126 valence electrons. The summed E-state index contributed by atoms with van der Waals surface area (Å²) in [6, 6.07) is 4.05. The SMILES string of the molecule is C[C@H]([NH2+]CC(=O)NCC12CC3CC(CC(C3)C1)C2)c1ccco1. The lowest BCUT2D eigenvalue weighted by atomic mass is 9.49. The van der Waals surface area contributed by atoms with E-state index in [4.69, 9.17) is 4.42 Å². The zero-order chi connectivity index (χ0) is 15.9. The van der Waals surface area contributed by atoms with E-state index in [2.05, 4.69) is 12.2 Å². The zero-order valence-electron chi connectivity index (χ0n) is 14.1. The van der Waals surface area contributed by atoms with Crippen molar-refractivity contribution in [2.45, 2.75) is 51.5 Å². The molecule has 3 N–H and O–H groups in total. The number of carbonyl (C=O) groups is 1. The molecule has 1 atom stereocenters. The Kier molecular flexibility index (Phi) is 3.96. The lowest BCUT2D eigenvalue weighted by Crippen LogP contribution is -2.87. The third-order valence-electron chi connectivity index (χ3n) is 6.47. The van der Waals surface area contributed by atoms with Crippen molar-refractivity contribution in [1.29, 1.82) is 0 Å². The van der Waals surface area contributed by atoms with E-state index in [9.17, 15) is 4.79 Å². The fraction of sp³-hybridized carbons (Fsp3) is 0.737. The van der Waals surface area contributed by atoms with Gasteiger partial charge in [0, 0.05) is 6.54 Å². The first-order valence-corrected chi connectivity index (χ1v) is 9.25. The standard InChI is InChI=1S/C19H28N2O2/c1-13(17-3-2-4-23-17)20-11-18(22)21-12-19-8-14-5-15(9-19)7-16(6-14)10-19/h2-4,13-16,20H,5-12H2,1H3,(H,21,22)/p+1/t13-,14?,15?,16?,19?/m0/s1. The summed E-state index contributed by atoms with van der Waals surface area (Å²) in [6.45, 7) is 3.46. The van der Waals surface area contributed by atoms with Gasteiger partial charge in [0.2, 0.25) is 0 Å². The quantitative estimate of drug-likeness (QED) is 0.845. The minimum absolute atomic E-state index is 0.166. The van der Waals surface area contributed by atoms with Gasteiger partial charge >= 0.3 is 0 Å². The molecular formula is C19H29N2O2+. The van der Waals surface area contributed by atoms with Gasteiger partial charge < -0.3 is 15.1 Å². The van der Waals surface area contributed by atoms with Gasteiger partial charge in [0.05, 0.1) is 6.26 Å². The van der Waals surface area contributed by atoms with E-state index >= 15 is 0 Å². The Morgan fingerprint density at radius 3 is 2.52 bits per heavy atom. The normalized spacial score (nSPS) is 36.1. The highest BCUT2D eigenvalue weighted by molar-refractivity contribution is 5.76. The summed E-state index contributed by atoms with van der Waals surface area (Å²) in [5.41, 5.74) is 0.428. The Hall–Kier alpha value is -1.29. The van der Waals surface area contributed by atoms with Gasteiger partial charge in [0.25, 0.3) is 5.91 Å². The molecule has 0 radical (unpaired) electrons. The monoisotopic (exact) mass is 317 g/mol. The van der Waals surface area contributed by atoms with Crippen LogP contribution in [0.2, 0.25) is 0 Å². The smallest absolute Gasteiger partial charge is 0.275 e. The van der Waals surface area contributed by atoms with Crippen molar-refractivity contribution < 1.29 is 14.5 Å². The van der Waals surface area contributed by atoms with Gasteiger partial charge in [-0.05, 0) is 80.8 Å². The molecule has 4 heteroatoms. The predicted octanol–water partition coefficient (Wildman–Crippen LogP) is 2.24. The number of hydrogen-bond acceptors (Lipinski definition) is 2. The molecule has 4 nitrogen and oxygen atoms in total. The molecule has 1 heterocycles. The zero-order valence-corrected chi connectivity index (χ0v) is 14.1. The maximum atomic E-state index is 12.2. The van der Waals surface area contributed by atoms with E-state index in [1.54, 1.807) is 6.26 Å². The minimum atomic E-state index is 0.166. The largest absolute Gasteiger partial charge is 0.463 e. The van der Waals surface area contributed by atoms with Crippen LogP contribution in [0.4, 0.5) is 0 Å². The Balaban J connectivity index is 1.25. The second kappa shape index (κ2) is 5.97. The molecule has 5 rings (SSSR count). The van der Waals surface area contributed by atoms with Crippen molar-refractivity contribution >= 4 is 5.91 Å². The molecule has 4 saturated carbocycles. The number of amides is 1. The van der Waals surface area contributed by atoms with Crippen LogP contribution in [0.1, 0.15) is 57.3 Å². The first-order valence-electron chi connectivity index (χ1n) is 9.25. The number of carbonyl (C=O) groups excluding carboxylic acids is 1. The van der Waals surface area contributed by atoms with Crippen LogP contribution < -0.4 is 10.6 Å². The summed E-state index contributed by atoms with van der Waals surface area (Å²) in [5, 5.41) is 5.29. The summed E-state index contributed by atoms with van der Waals surface area (Å²) < 4.78 is 5.39. The average molecular weight is 317 g/mol. The fourth-order valence-electron chi connectivity index (χ4n) is 5.82. The first-order chi connectivity index (χ1) is 11.1. The maximum absolute atomic E-state index is 12.2. The van der Waals surface area contributed by atoms with Gasteiger partial charge in [0.15, 0.2) is 12.3 Å². The van der Waals surface area contributed by atoms with E-state index in [1.807, 2.05) is 17.4 Å². The van der Waals surface area contributed by atoms with E-state index in [0.717, 1.165) is 30.1 Å². The molecule has 1 aromatic rings. The third kappa shape index (κ3) is 3.18. The molecule has 0 saturated heterocycles. The van der Waals surface area contributed by atoms with Crippen LogP contribution in [0.5, 0.6) is 0 Å². The maximum Gasteiger partial charge on any atom is 0.275 e. The lowest BCUT2D eigenvalue weighted by Gasteiger charge is -2.56. The molecular weight excluding hydrogens is 288 g/mol. The van der Waals surface area contributed by atoms with Gasteiger partial charge in [-0.15, -0.1) is 0 Å². The van der Waals surface area contributed by atoms with Crippen LogP contribution in [-0.2, 0) is 4.79 Å². The minimum Gasteiger partial charge on any atom is -0.463 e. The van der Waals surface area contributed by atoms with Crippen LogP contribution in [0.3, 0.4) is 0 Å². The predicted molar refractivity (Wildman–Crippen MR) is 87.5 cm³/mol. The molecule has 1 aromatic heterocycles. The highest BCUT2D eigenvalue weighted by atomic mass is 16.3. The molecule has 1 amide bonds. The molecule has 4 bridgehead atoms. The Morgan fingerprint density at radius 1 is 1.30 bits per heavy atom. The van der Waals surface area contributed by atoms with Crippen LogP contribution in [-0.4, -0.2) is 19.0 Å². The molecule has 0 spiro atoms. The number of nitrogens with one attached hydrogen (secondary N) is 1. The van der Waals surface area contributed by atoms with E-state index in [-0.39, 0.29) is 11.9 Å². The van der Waals surface area contributed by atoms with Gasteiger partial charge in [0.1, 0.15) is 6.04 Å². The average Bonchev–Trinajstić information content (AvgIpc) is 3.04. The van der Waals surface area contributed by atoms with Crippen molar-refractivity contribution in [3.05, 3.63) is 24.2 Å². The summed E-state index contributed by atoms with van der Waals surface area (Å²) in [4.78, 5) is 12.2. The van der Waals surface area contributed by atoms with Gasteiger partial charge in [-0.25, -0.2) is 0 Å².